The molecule has 6 fully saturated rings. The lowest BCUT2D eigenvalue weighted by molar-refractivity contribution is -0.798. The summed E-state index contributed by atoms with van der Waals surface area (Å²) >= 11 is 0. The second-order valence-electron chi connectivity index (χ2n) is 6.33. The molecule has 6 rings (SSSR count). The maximum Gasteiger partial charge on any atom is 0.294 e. The Balaban J connectivity index is 1.40. The topological polar surface area (TPSA) is 105 Å². The summed E-state index contributed by atoms with van der Waals surface area (Å²) in [5.41, 5.74) is -0.324. The van der Waals surface area contributed by atoms with E-state index >= 15 is 0 Å². The summed E-state index contributed by atoms with van der Waals surface area (Å²) in [6.45, 7) is 0.208. The number of nitrogens with zero attached hydrogens (tertiary/aromatic N) is 2. The highest BCUT2D eigenvalue weighted by Gasteiger charge is 3.10. The van der Waals surface area contributed by atoms with Gasteiger partial charge in [-0.05, 0) is 35.5 Å². The van der Waals surface area contributed by atoms with Crippen molar-refractivity contribution >= 4 is 0 Å². The van der Waals surface area contributed by atoms with Crippen LogP contribution in [0.5, 0.6) is 0 Å². The zero-order chi connectivity index (χ0) is 12.4. The minimum Gasteiger partial charge on any atom is -0.313 e. The zero-order valence-electron chi connectivity index (χ0n) is 9.22. The second-order valence-corrected chi connectivity index (χ2v) is 6.33. The molecule has 0 aliphatic heterocycles. The van der Waals surface area contributed by atoms with Crippen molar-refractivity contribution in [1.82, 2.24) is 0 Å². The van der Waals surface area contributed by atoms with E-state index in [-0.39, 0.29) is 24.0 Å². The van der Waals surface area contributed by atoms with E-state index in [9.17, 15) is 20.2 Å². The summed E-state index contributed by atoms with van der Waals surface area (Å²) in [6, 6.07) is 0. The monoisotopic (exact) mass is 254 g/mol. The van der Waals surface area contributed by atoms with Gasteiger partial charge in [-0.2, -0.15) is 0 Å². The molecule has 4 unspecified atom stereocenters. The molecule has 0 aromatic heterocycles. The van der Waals surface area contributed by atoms with Crippen molar-refractivity contribution in [2.75, 3.05) is 13.2 Å². The van der Waals surface area contributed by atoms with Crippen LogP contribution in [0.1, 0.15) is 0 Å². The van der Waals surface area contributed by atoms with Crippen LogP contribution in [0, 0.1) is 66.6 Å². The van der Waals surface area contributed by atoms with Gasteiger partial charge in [0.1, 0.15) is 13.2 Å². The molecule has 6 aliphatic rings. The molecule has 0 N–H and O–H groups in total. The molecule has 0 saturated heterocycles. The van der Waals surface area contributed by atoms with E-state index in [1.807, 2.05) is 0 Å². The van der Waals surface area contributed by atoms with Crippen molar-refractivity contribution in [2.45, 2.75) is 0 Å². The van der Waals surface area contributed by atoms with Crippen LogP contribution in [0.3, 0.4) is 0 Å². The van der Waals surface area contributed by atoms with Gasteiger partial charge in [-0.1, -0.05) is 0 Å². The fourth-order valence-corrected chi connectivity index (χ4v) is 6.96. The van der Waals surface area contributed by atoms with Crippen LogP contribution in [-0.4, -0.2) is 23.4 Å². The molecule has 0 radical (unpaired) electrons. The normalized spacial score (nSPS) is 62.0. The van der Waals surface area contributed by atoms with E-state index in [1.54, 1.807) is 0 Å². The molecular weight excluding hydrogens is 244 g/mol. The van der Waals surface area contributed by atoms with Gasteiger partial charge in [-0.15, -0.1) is 20.2 Å². The van der Waals surface area contributed by atoms with Crippen LogP contribution in [0.25, 0.3) is 0 Å². The van der Waals surface area contributed by atoms with Gasteiger partial charge in [-0.25, -0.2) is 0 Å². The molecule has 8 nitrogen and oxygen atoms in total. The Labute approximate surface area is 100 Å². The van der Waals surface area contributed by atoms with Gasteiger partial charge >= 0.3 is 0 Å². The quantitative estimate of drug-likeness (QED) is 0.493. The Morgan fingerprint density at radius 1 is 0.833 bits per heavy atom. The van der Waals surface area contributed by atoms with Crippen LogP contribution in [0.2, 0.25) is 0 Å². The van der Waals surface area contributed by atoms with Gasteiger partial charge in [0.2, 0.25) is 0 Å². The third-order valence-electron chi connectivity index (χ3n) is 6.94. The maximum atomic E-state index is 10.4. The van der Waals surface area contributed by atoms with Crippen molar-refractivity contribution in [3.8, 4) is 0 Å². The van der Waals surface area contributed by atoms with Crippen LogP contribution < -0.4 is 0 Å². The Kier molecular flexibility index (Phi) is 1.12. The van der Waals surface area contributed by atoms with Crippen LogP contribution >= 0.6 is 0 Å². The number of rotatable bonds is 6. The predicted octanol–water partition coefficient (Wildman–Crippen LogP) is 0.141. The molecule has 18 heavy (non-hydrogen) atoms. The molecular formula is C10H10N2O6. The minimum absolute atomic E-state index is 0.104. The molecule has 4 atom stereocenters. The summed E-state index contributed by atoms with van der Waals surface area (Å²) in [4.78, 5) is 29.9. The summed E-state index contributed by atoms with van der Waals surface area (Å²) in [7, 11) is 0. The molecule has 6 aliphatic carbocycles. The van der Waals surface area contributed by atoms with Crippen molar-refractivity contribution < 1.29 is 19.8 Å². The Bertz CT molecular complexity index is 454. The SMILES string of the molecule is O=[N+]([O-])OCC12C3C4C5C3C1(CO[N+](=O)[O-])C5C42. The summed E-state index contributed by atoms with van der Waals surface area (Å²) in [6.07, 6.45) is 0. The van der Waals surface area contributed by atoms with Gasteiger partial charge in [-0.3, -0.25) is 0 Å². The molecule has 6 saturated carbocycles. The average Bonchev–Trinajstić information content (AvgIpc) is 2.33. The lowest BCUT2D eigenvalue weighted by Gasteiger charge is -3.11. The first-order chi connectivity index (χ1) is 8.57. The first-order valence-corrected chi connectivity index (χ1v) is 6.12. The van der Waals surface area contributed by atoms with Crippen molar-refractivity contribution in [3.63, 3.8) is 0 Å². The second kappa shape index (κ2) is 2.17. The van der Waals surface area contributed by atoms with E-state index in [1.165, 1.54) is 0 Å². The van der Waals surface area contributed by atoms with Crippen LogP contribution in [0.4, 0.5) is 0 Å². The third-order valence-corrected chi connectivity index (χ3v) is 6.94. The molecule has 0 amide bonds. The van der Waals surface area contributed by atoms with Gasteiger partial charge in [0, 0.05) is 10.8 Å². The highest BCUT2D eigenvalue weighted by atomic mass is 17.0. The highest BCUT2D eigenvalue weighted by molar-refractivity contribution is 5.55. The lowest BCUT2D eigenvalue weighted by atomic mass is 8.92. The van der Waals surface area contributed by atoms with E-state index in [0.717, 1.165) is 11.8 Å². The average molecular weight is 254 g/mol. The number of hydrogen-bond donors (Lipinski definition) is 0. The fourth-order valence-electron chi connectivity index (χ4n) is 6.96. The van der Waals surface area contributed by atoms with Crippen molar-refractivity contribution in [3.05, 3.63) is 20.2 Å². The lowest BCUT2D eigenvalue weighted by Crippen LogP contribution is -3.11. The summed E-state index contributed by atoms with van der Waals surface area (Å²) in [5, 5.41) is 19.2. The van der Waals surface area contributed by atoms with Gasteiger partial charge in [0.05, 0.1) is 0 Å². The molecule has 8 heteroatoms. The Hall–Kier alpha value is -1.60. The minimum atomic E-state index is -0.760. The van der Waals surface area contributed by atoms with E-state index in [4.69, 9.17) is 0 Å². The van der Waals surface area contributed by atoms with Gasteiger partial charge in [0.25, 0.3) is 10.2 Å². The number of hydrogen-bond acceptors (Lipinski definition) is 6. The molecule has 0 spiro atoms. The smallest absolute Gasteiger partial charge is 0.294 e. The highest BCUT2D eigenvalue weighted by Crippen LogP contribution is 3.10. The Morgan fingerprint density at radius 2 is 1.17 bits per heavy atom. The third kappa shape index (κ3) is 0.507. The summed E-state index contributed by atoms with van der Waals surface area (Å²) < 4.78 is 0. The zero-order valence-corrected chi connectivity index (χ0v) is 9.22. The predicted molar refractivity (Wildman–Crippen MR) is 51.7 cm³/mol. The van der Waals surface area contributed by atoms with Crippen LogP contribution in [-0.2, 0) is 9.68 Å². The standard InChI is InChI=1S/C10H10N2O6/c13-11(14)17-1-9-5-3-4-7(5)10(9,2-18-12(15)16)8(4)6(3)9/h3-8H,1-2H2. The first-order valence-electron chi connectivity index (χ1n) is 6.12. The van der Waals surface area contributed by atoms with Gasteiger partial charge < -0.3 is 9.68 Å². The molecule has 0 heterocycles. The van der Waals surface area contributed by atoms with Gasteiger partial charge in [0.15, 0.2) is 0 Å². The van der Waals surface area contributed by atoms with E-state index in [2.05, 4.69) is 9.68 Å². The fraction of sp³-hybridized carbons (Fsp3) is 1.00. The Morgan fingerprint density at radius 3 is 1.44 bits per heavy atom. The van der Waals surface area contributed by atoms with Crippen molar-refractivity contribution in [1.29, 1.82) is 0 Å². The molecule has 96 valence electrons. The largest absolute Gasteiger partial charge is 0.313 e. The molecule has 0 bridgehead atoms. The van der Waals surface area contributed by atoms with Crippen molar-refractivity contribution in [2.24, 2.45) is 46.3 Å². The first kappa shape index (κ1) is 9.35. The van der Waals surface area contributed by atoms with E-state index < -0.39 is 10.2 Å². The van der Waals surface area contributed by atoms with Crippen LogP contribution in [0.15, 0.2) is 0 Å². The van der Waals surface area contributed by atoms with E-state index in [0.29, 0.717) is 23.7 Å². The maximum absolute atomic E-state index is 10.4. The summed E-state index contributed by atoms with van der Waals surface area (Å²) in [5.74, 6) is 3.57. The molecule has 0 aromatic rings. The molecule has 0 aromatic carbocycles.